The highest BCUT2D eigenvalue weighted by Crippen LogP contribution is 2.32. The van der Waals surface area contributed by atoms with Crippen molar-refractivity contribution in [2.75, 3.05) is 0 Å². The Labute approximate surface area is 85.6 Å². The Morgan fingerprint density at radius 3 is 2.43 bits per heavy atom. The molecule has 1 rings (SSSR count). The van der Waals surface area contributed by atoms with Crippen LogP contribution < -0.4 is 0 Å². The van der Waals surface area contributed by atoms with Gasteiger partial charge in [-0.25, -0.2) is 9.37 Å². The van der Waals surface area contributed by atoms with Crippen molar-refractivity contribution >= 4 is 21.5 Å². The molecule has 0 atom stereocenters. The first-order valence-electron chi connectivity index (χ1n) is 3.41. The van der Waals surface area contributed by atoms with Gasteiger partial charge in [-0.3, -0.25) is 0 Å². The third-order valence-corrected chi connectivity index (χ3v) is 1.88. The molecule has 0 saturated heterocycles. The third-order valence-electron chi connectivity index (χ3n) is 1.44. The third kappa shape index (κ3) is 2.31. The van der Waals surface area contributed by atoms with E-state index in [1.165, 1.54) is 6.07 Å². The minimum atomic E-state index is -4.67. The number of rotatable bonds is 1. The lowest BCUT2D eigenvalue weighted by atomic mass is 10.2. The number of halogens is 5. The second-order valence-corrected chi connectivity index (χ2v) is 3.25. The molecular weight excluding hydrogens is 266 g/mol. The average molecular weight is 270 g/mol. The first kappa shape index (κ1) is 11.2. The Morgan fingerprint density at radius 1 is 1.36 bits per heavy atom. The van der Waals surface area contributed by atoms with E-state index in [2.05, 4.69) is 27.5 Å². The number of allylic oxidation sites excluding steroid dienone is 1. The van der Waals surface area contributed by atoms with Gasteiger partial charge >= 0.3 is 6.18 Å². The monoisotopic (exact) mass is 269 g/mol. The molecule has 0 bridgehead atoms. The molecule has 0 unspecified atom stereocenters. The lowest BCUT2D eigenvalue weighted by Gasteiger charge is -2.09. The highest BCUT2D eigenvalue weighted by molar-refractivity contribution is 9.10. The Kier molecular flexibility index (Phi) is 2.94. The molecule has 0 fully saturated rings. The van der Waals surface area contributed by atoms with E-state index in [1.807, 2.05) is 0 Å². The smallest absolute Gasteiger partial charge is 0.238 e. The van der Waals surface area contributed by atoms with Gasteiger partial charge in [0.25, 0.3) is 0 Å². The zero-order valence-electron chi connectivity index (χ0n) is 6.70. The highest BCUT2D eigenvalue weighted by atomic mass is 79.9. The molecule has 0 aliphatic carbocycles. The summed E-state index contributed by atoms with van der Waals surface area (Å²) in [5.74, 6) is -1.05. The quantitative estimate of drug-likeness (QED) is 0.561. The predicted octanol–water partition coefficient (Wildman–Crippen LogP) is 3.56. The van der Waals surface area contributed by atoms with Gasteiger partial charge in [0.15, 0.2) is 0 Å². The summed E-state index contributed by atoms with van der Waals surface area (Å²) in [5.41, 5.74) is -2.08. The average Bonchev–Trinajstić information content (AvgIpc) is 2.06. The highest BCUT2D eigenvalue weighted by Gasteiger charge is 2.35. The van der Waals surface area contributed by atoms with Crippen LogP contribution >= 0.6 is 15.9 Å². The Morgan fingerprint density at radius 2 is 1.93 bits per heavy atom. The van der Waals surface area contributed by atoms with E-state index in [9.17, 15) is 17.6 Å². The second kappa shape index (κ2) is 3.68. The van der Waals surface area contributed by atoms with Gasteiger partial charge < -0.3 is 0 Å². The molecule has 0 aliphatic heterocycles. The number of hydrogen-bond donors (Lipinski definition) is 0. The maximum Gasteiger partial charge on any atom is 0.418 e. The van der Waals surface area contributed by atoms with E-state index < -0.39 is 23.3 Å². The number of alkyl halides is 3. The van der Waals surface area contributed by atoms with E-state index in [1.54, 1.807) is 0 Å². The molecule has 1 nitrogen and oxygen atoms in total. The molecule has 6 heteroatoms. The summed E-state index contributed by atoms with van der Waals surface area (Å²) < 4.78 is 49.4. The number of aromatic nitrogens is 1. The van der Waals surface area contributed by atoms with E-state index in [0.29, 0.717) is 0 Å². The van der Waals surface area contributed by atoms with Crippen molar-refractivity contribution in [2.24, 2.45) is 0 Å². The van der Waals surface area contributed by atoms with Crippen LogP contribution in [-0.4, -0.2) is 11.2 Å². The maximum absolute atomic E-state index is 12.9. The van der Waals surface area contributed by atoms with Gasteiger partial charge in [0, 0.05) is 0 Å². The standard InChI is InChI=1S/C8H4BrF4N/c1-4(8(11,12)13)7-5(10)2-3-6(9)14-7/h2-3H,1H2. The van der Waals surface area contributed by atoms with Gasteiger partial charge in [0.05, 0.1) is 5.57 Å². The number of nitrogens with zero attached hydrogens (tertiary/aromatic N) is 1. The largest absolute Gasteiger partial charge is 0.418 e. The van der Waals surface area contributed by atoms with Gasteiger partial charge in [-0.2, -0.15) is 13.2 Å². The van der Waals surface area contributed by atoms with Crippen LogP contribution in [0.2, 0.25) is 0 Å². The summed E-state index contributed by atoms with van der Waals surface area (Å²) in [5, 5.41) is 0. The van der Waals surface area contributed by atoms with Crippen molar-refractivity contribution in [2.45, 2.75) is 6.18 Å². The molecule has 1 aromatic heterocycles. The summed E-state index contributed by atoms with van der Waals surface area (Å²) in [6.45, 7) is 2.75. The van der Waals surface area contributed by atoms with Crippen molar-refractivity contribution in [1.29, 1.82) is 0 Å². The fourth-order valence-electron chi connectivity index (χ4n) is 0.764. The first-order valence-corrected chi connectivity index (χ1v) is 4.20. The van der Waals surface area contributed by atoms with Crippen LogP contribution in [-0.2, 0) is 0 Å². The molecule has 0 aliphatic rings. The number of pyridine rings is 1. The van der Waals surface area contributed by atoms with Gasteiger partial charge in [0.1, 0.15) is 16.1 Å². The first-order chi connectivity index (χ1) is 6.32. The van der Waals surface area contributed by atoms with Crippen LogP contribution in [0, 0.1) is 5.82 Å². The molecule has 76 valence electrons. The fourth-order valence-corrected chi connectivity index (χ4v) is 1.07. The lowest BCUT2D eigenvalue weighted by molar-refractivity contribution is -0.0691. The van der Waals surface area contributed by atoms with Crippen molar-refractivity contribution < 1.29 is 17.6 Å². The molecule has 0 saturated carbocycles. The van der Waals surface area contributed by atoms with E-state index >= 15 is 0 Å². The zero-order chi connectivity index (χ0) is 10.9. The summed E-state index contributed by atoms with van der Waals surface area (Å²) in [6, 6.07) is 2.10. The molecule has 0 radical (unpaired) electrons. The van der Waals surface area contributed by atoms with Crippen molar-refractivity contribution in [3.63, 3.8) is 0 Å². The second-order valence-electron chi connectivity index (χ2n) is 2.44. The molecular formula is C8H4BrF4N. The predicted molar refractivity (Wildman–Crippen MR) is 47.0 cm³/mol. The summed E-state index contributed by atoms with van der Waals surface area (Å²) in [7, 11) is 0. The Hall–Kier alpha value is -0.910. The van der Waals surface area contributed by atoms with Crippen molar-refractivity contribution in [1.82, 2.24) is 4.98 Å². The summed E-state index contributed by atoms with van der Waals surface area (Å²) >= 11 is 2.85. The van der Waals surface area contributed by atoms with Crippen LogP contribution in [0.25, 0.3) is 5.57 Å². The minimum Gasteiger partial charge on any atom is -0.238 e. The molecule has 0 amide bonds. The van der Waals surface area contributed by atoms with E-state index in [4.69, 9.17) is 0 Å². The molecule has 1 aromatic rings. The van der Waals surface area contributed by atoms with Crippen molar-refractivity contribution in [3.8, 4) is 0 Å². The molecule has 14 heavy (non-hydrogen) atoms. The van der Waals surface area contributed by atoms with E-state index in [-0.39, 0.29) is 4.60 Å². The SMILES string of the molecule is C=C(c1nc(Br)ccc1F)C(F)(F)F. The fraction of sp³-hybridized carbons (Fsp3) is 0.125. The van der Waals surface area contributed by atoms with E-state index in [0.717, 1.165) is 6.07 Å². The van der Waals surface area contributed by atoms with Crippen LogP contribution in [0.4, 0.5) is 17.6 Å². The lowest BCUT2D eigenvalue weighted by Crippen LogP contribution is -2.12. The van der Waals surface area contributed by atoms with Crippen LogP contribution in [0.3, 0.4) is 0 Å². The summed E-state index contributed by atoms with van der Waals surface area (Å²) in [6.07, 6.45) is -4.67. The number of hydrogen-bond acceptors (Lipinski definition) is 1. The Balaban J connectivity index is 3.19. The molecule has 0 N–H and O–H groups in total. The van der Waals surface area contributed by atoms with Gasteiger partial charge in [-0.05, 0) is 28.1 Å². The topological polar surface area (TPSA) is 12.9 Å². The van der Waals surface area contributed by atoms with Crippen LogP contribution in [0.15, 0.2) is 23.3 Å². The van der Waals surface area contributed by atoms with Crippen LogP contribution in [0.5, 0.6) is 0 Å². The normalized spacial score (nSPS) is 11.5. The van der Waals surface area contributed by atoms with Crippen LogP contribution in [0.1, 0.15) is 5.69 Å². The Bertz CT molecular complexity index is 372. The van der Waals surface area contributed by atoms with Gasteiger partial charge in [-0.15, -0.1) is 0 Å². The molecule has 0 aromatic carbocycles. The van der Waals surface area contributed by atoms with Gasteiger partial charge in [0.2, 0.25) is 0 Å². The van der Waals surface area contributed by atoms with Gasteiger partial charge in [-0.1, -0.05) is 6.58 Å². The van der Waals surface area contributed by atoms with Crippen molar-refractivity contribution in [3.05, 3.63) is 34.8 Å². The summed E-state index contributed by atoms with van der Waals surface area (Å²) in [4.78, 5) is 3.36. The molecule has 0 spiro atoms. The maximum atomic E-state index is 12.9. The molecule has 1 heterocycles. The zero-order valence-corrected chi connectivity index (χ0v) is 8.28. The minimum absolute atomic E-state index is 0.124.